The fourth-order valence-corrected chi connectivity index (χ4v) is 4.96. The SMILES string of the molecule is Cc1noc(C)c1-c1ccc(S(=O)(=O)N2CCN(c3ccccn3)CC2)cc1. The molecular formula is C20H22N4O3S. The zero-order valence-electron chi connectivity index (χ0n) is 15.9. The van der Waals surface area contributed by atoms with Gasteiger partial charge >= 0.3 is 0 Å². The number of hydrogen-bond donors (Lipinski definition) is 0. The van der Waals surface area contributed by atoms with Gasteiger partial charge in [-0.15, -0.1) is 0 Å². The van der Waals surface area contributed by atoms with E-state index in [9.17, 15) is 8.42 Å². The van der Waals surface area contributed by atoms with Crippen molar-refractivity contribution in [1.29, 1.82) is 0 Å². The minimum atomic E-state index is -3.53. The number of hydrogen-bond acceptors (Lipinski definition) is 6. The molecule has 1 aliphatic rings. The fraction of sp³-hybridized carbons (Fsp3) is 0.300. The van der Waals surface area contributed by atoms with Crippen LogP contribution in [0.4, 0.5) is 5.82 Å². The smallest absolute Gasteiger partial charge is 0.243 e. The van der Waals surface area contributed by atoms with Crippen molar-refractivity contribution >= 4 is 15.8 Å². The molecule has 3 heterocycles. The number of sulfonamides is 1. The standard InChI is InChI=1S/C20H22N4O3S/c1-15-20(16(2)27-22-15)17-6-8-18(9-7-17)28(25,26)24-13-11-23(12-14-24)19-5-3-4-10-21-19/h3-10H,11-14H2,1-2H3. The van der Waals surface area contributed by atoms with E-state index < -0.39 is 10.0 Å². The molecule has 0 atom stereocenters. The topological polar surface area (TPSA) is 79.5 Å². The number of aryl methyl sites for hydroxylation is 2. The first-order valence-corrected chi connectivity index (χ1v) is 10.6. The molecular weight excluding hydrogens is 376 g/mol. The lowest BCUT2D eigenvalue weighted by Gasteiger charge is -2.34. The van der Waals surface area contributed by atoms with Gasteiger partial charge in [0.1, 0.15) is 11.6 Å². The summed E-state index contributed by atoms with van der Waals surface area (Å²) in [6.07, 6.45) is 1.75. The molecule has 1 aliphatic heterocycles. The van der Waals surface area contributed by atoms with Crippen LogP contribution >= 0.6 is 0 Å². The average Bonchev–Trinajstić information content (AvgIpc) is 3.07. The van der Waals surface area contributed by atoms with Crippen LogP contribution in [0.15, 0.2) is 58.1 Å². The van der Waals surface area contributed by atoms with Gasteiger partial charge in [0.25, 0.3) is 0 Å². The predicted molar refractivity (Wildman–Crippen MR) is 107 cm³/mol. The van der Waals surface area contributed by atoms with Crippen molar-refractivity contribution in [3.63, 3.8) is 0 Å². The number of aromatic nitrogens is 2. The van der Waals surface area contributed by atoms with Crippen LogP contribution in [0, 0.1) is 13.8 Å². The van der Waals surface area contributed by atoms with Gasteiger partial charge in [0.2, 0.25) is 10.0 Å². The number of piperazine rings is 1. The Hall–Kier alpha value is -2.71. The molecule has 0 spiro atoms. The van der Waals surface area contributed by atoms with Gasteiger partial charge < -0.3 is 9.42 Å². The fourth-order valence-electron chi connectivity index (χ4n) is 3.54. The van der Waals surface area contributed by atoms with Crippen LogP contribution in [-0.2, 0) is 10.0 Å². The van der Waals surface area contributed by atoms with Crippen molar-refractivity contribution in [1.82, 2.24) is 14.4 Å². The summed E-state index contributed by atoms with van der Waals surface area (Å²) in [5.41, 5.74) is 2.60. The van der Waals surface area contributed by atoms with Crippen LogP contribution in [-0.4, -0.2) is 49.0 Å². The molecule has 146 valence electrons. The first-order valence-electron chi connectivity index (χ1n) is 9.16. The summed E-state index contributed by atoms with van der Waals surface area (Å²) >= 11 is 0. The van der Waals surface area contributed by atoms with Gasteiger partial charge in [-0.25, -0.2) is 13.4 Å². The van der Waals surface area contributed by atoms with E-state index in [1.807, 2.05) is 44.2 Å². The minimum absolute atomic E-state index is 0.300. The highest BCUT2D eigenvalue weighted by Crippen LogP contribution is 2.28. The molecule has 1 saturated heterocycles. The van der Waals surface area contributed by atoms with Crippen LogP contribution in [0.1, 0.15) is 11.5 Å². The van der Waals surface area contributed by atoms with Crippen LogP contribution < -0.4 is 4.90 Å². The summed E-state index contributed by atoms with van der Waals surface area (Å²) in [5.74, 6) is 1.60. The summed E-state index contributed by atoms with van der Waals surface area (Å²) < 4.78 is 32.8. The van der Waals surface area contributed by atoms with Crippen LogP contribution in [0.25, 0.3) is 11.1 Å². The number of benzene rings is 1. The van der Waals surface area contributed by atoms with E-state index in [2.05, 4.69) is 15.0 Å². The van der Waals surface area contributed by atoms with Crippen molar-refractivity contribution in [3.8, 4) is 11.1 Å². The highest BCUT2D eigenvalue weighted by atomic mass is 32.2. The summed E-state index contributed by atoms with van der Waals surface area (Å²) in [4.78, 5) is 6.75. The van der Waals surface area contributed by atoms with E-state index in [1.54, 1.807) is 18.3 Å². The third kappa shape index (κ3) is 3.41. The largest absolute Gasteiger partial charge is 0.361 e. The van der Waals surface area contributed by atoms with Gasteiger partial charge in [-0.3, -0.25) is 0 Å². The molecule has 2 aromatic heterocycles. The Balaban J connectivity index is 1.50. The van der Waals surface area contributed by atoms with Gasteiger partial charge in [0.05, 0.1) is 10.6 Å². The van der Waals surface area contributed by atoms with Crippen molar-refractivity contribution in [2.24, 2.45) is 0 Å². The van der Waals surface area contributed by atoms with Gasteiger partial charge in [-0.05, 0) is 43.7 Å². The predicted octanol–water partition coefficient (Wildman–Crippen LogP) is 2.86. The van der Waals surface area contributed by atoms with Crippen molar-refractivity contribution in [2.45, 2.75) is 18.7 Å². The van der Waals surface area contributed by atoms with E-state index in [-0.39, 0.29) is 0 Å². The second-order valence-corrected chi connectivity index (χ2v) is 8.74. The Morgan fingerprint density at radius 1 is 0.964 bits per heavy atom. The van der Waals surface area contributed by atoms with Gasteiger partial charge in [-0.1, -0.05) is 23.4 Å². The lowest BCUT2D eigenvalue weighted by atomic mass is 10.0. The van der Waals surface area contributed by atoms with Crippen LogP contribution in [0.2, 0.25) is 0 Å². The second-order valence-electron chi connectivity index (χ2n) is 6.80. The van der Waals surface area contributed by atoms with E-state index >= 15 is 0 Å². The van der Waals surface area contributed by atoms with Crippen LogP contribution in [0.3, 0.4) is 0 Å². The lowest BCUT2D eigenvalue weighted by Crippen LogP contribution is -2.48. The highest BCUT2D eigenvalue weighted by molar-refractivity contribution is 7.89. The maximum atomic E-state index is 13.0. The Kier molecular flexibility index (Phi) is 4.91. The maximum absolute atomic E-state index is 13.0. The molecule has 3 aromatic rings. The van der Waals surface area contributed by atoms with Crippen molar-refractivity contribution in [3.05, 3.63) is 60.1 Å². The molecule has 1 fully saturated rings. The molecule has 28 heavy (non-hydrogen) atoms. The summed E-state index contributed by atoms with van der Waals surface area (Å²) in [7, 11) is -3.53. The quantitative estimate of drug-likeness (QED) is 0.672. The zero-order chi connectivity index (χ0) is 19.7. The molecule has 0 radical (unpaired) electrons. The summed E-state index contributed by atoms with van der Waals surface area (Å²) in [5, 5.41) is 3.96. The maximum Gasteiger partial charge on any atom is 0.243 e. The van der Waals surface area contributed by atoms with Gasteiger partial charge in [-0.2, -0.15) is 4.31 Å². The summed E-state index contributed by atoms with van der Waals surface area (Å²) in [6.45, 7) is 5.83. The molecule has 7 nitrogen and oxygen atoms in total. The number of rotatable bonds is 4. The zero-order valence-corrected chi connectivity index (χ0v) is 16.7. The molecule has 4 rings (SSSR count). The molecule has 1 aromatic carbocycles. The normalized spacial score (nSPS) is 15.7. The first kappa shape index (κ1) is 18.6. The highest BCUT2D eigenvalue weighted by Gasteiger charge is 2.29. The third-order valence-corrected chi connectivity index (χ3v) is 6.94. The molecule has 0 amide bonds. The molecule has 0 aliphatic carbocycles. The Morgan fingerprint density at radius 3 is 2.25 bits per heavy atom. The van der Waals surface area contributed by atoms with E-state index in [0.29, 0.717) is 31.1 Å². The monoisotopic (exact) mass is 398 g/mol. The summed E-state index contributed by atoms with van der Waals surface area (Å²) in [6, 6.07) is 12.7. The molecule has 0 N–H and O–H groups in total. The van der Waals surface area contributed by atoms with Gasteiger partial charge in [0, 0.05) is 37.9 Å². The second kappa shape index (κ2) is 7.37. The minimum Gasteiger partial charge on any atom is -0.361 e. The van der Waals surface area contributed by atoms with Crippen molar-refractivity contribution < 1.29 is 12.9 Å². The van der Waals surface area contributed by atoms with E-state index in [1.165, 1.54) is 4.31 Å². The molecule has 0 unspecified atom stereocenters. The van der Waals surface area contributed by atoms with E-state index in [4.69, 9.17) is 4.52 Å². The first-order chi connectivity index (χ1) is 13.5. The Labute approximate surface area is 164 Å². The average molecular weight is 398 g/mol. The lowest BCUT2D eigenvalue weighted by molar-refractivity contribution is 0.384. The molecule has 0 bridgehead atoms. The number of anilines is 1. The number of nitrogens with zero attached hydrogens (tertiary/aromatic N) is 4. The Morgan fingerprint density at radius 2 is 1.68 bits per heavy atom. The molecule has 8 heteroatoms. The van der Waals surface area contributed by atoms with E-state index in [0.717, 1.165) is 28.4 Å². The number of pyridine rings is 1. The van der Waals surface area contributed by atoms with Crippen LogP contribution in [0.5, 0.6) is 0 Å². The third-order valence-electron chi connectivity index (χ3n) is 5.03. The van der Waals surface area contributed by atoms with Crippen molar-refractivity contribution in [2.75, 3.05) is 31.1 Å². The Bertz CT molecular complexity index is 1040. The molecule has 0 saturated carbocycles. The van der Waals surface area contributed by atoms with Gasteiger partial charge in [0.15, 0.2) is 0 Å².